The number of hydrogen-bond acceptors (Lipinski definition) is 1. The lowest BCUT2D eigenvalue weighted by atomic mass is 9.97. The summed E-state index contributed by atoms with van der Waals surface area (Å²) in [6.07, 6.45) is 0. The summed E-state index contributed by atoms with van der Waals surface area (Å²) >= 11 is 5.74. The quantitative estimate of drug-likeness (QED) is 0.799. The molecule has 1 unspecified atom stereocenters. The summed E-state index contributed by atoms with van der Waals surface area (Å²) in [7, 11) is 0. The molecule has 16 heavy (non-hydrogen) atoms. The molecular weight excluding hydrogens is 222 g/mol. The Morgan fingerprint density at radius 2 is 2.06 bits per heavy atom. The second-order valence-corrected chi connectivity index (χ2v) is 4.62. The fourth-order valence-corrected chi connectivity index (χ4v) is 1.46. The van der Waals surface area contributed by atoms with Crippen molar-refractivity contribution in [2.24, 2.45) is 11.8 Å². The molecule has 1 amide bonds. The van der Waals surface area contributed by atoms with Crippen molar-refractivity contribution in [1.29, 1.82) is 0 Å². The van der Waals surface area contributed by atoms with Gasteiger partial charge in [-0.25, -0.2) is 0 Å². The SMILES string of the molecule is CC(C)C(C)C(=O)Nc1cccc(CCl)c1. The molecule has 0 saturated heterocycles. The Morgan fingerprint density at radius 3 is 2.62 bits per heavy atom. The van der Waals surface area contributed by atoms with Gasteiger partial charge >= 0.3 is 0 Å². The molecule has 1 rings (SSSR count). The van der Waals surface area contributed by atoms with Gasteiger partial charge in [0.05, 0.1) is 0 Å². The van der Waals surface area contributed by atoms with E-state index >= 15 is 0 Å². The maximum atomic E-state index is 11.8. The van der Waals surface area contributed by atoms with Crippen LogP contribution >= 0.6 is 11.6 Å². The van der Waals surface area contributed by atoms with Crippen LogP contribution in [0.25, 0.3) is 0 Å². The average Bonchev–Trinajstić information content (AvgIpc) is 2.28. The van der Waals surface area contributed by atoms with E-state index in [0.717, 1.165) is 11.3 Å². The summed E-state index contributed by atoms with van der Waals surface area (Å²) < 4.78 is 0. The molecule has 0 aromatic heterocycles. The van der Waals surface area contributed by atoms with E-state index in [-0.39, 0.29) is 11.8 Å². The van der Waals surface area contributed by atoms with Gasteiger partial charge in [0, 0.05) is 17.5 Å². The third-order valence-corrected chi connectivity index (χ3v) is 3.07. The third kappa shape index (κ3) is 3.53. The minimum Gasteiger partial charge on any atom is -0.326 e. The maximum absolute atomic E-state index is 11.8. The van der Waals surface area contributed by atoms with Gasteiger partial charge < -0.3 is 5.32 Å². The van der Waals surface area contributed by atoms with Gasteiger partial charge in [-0.15, -0.1) is 11.6 Å². The molecule has 0 radical (unpaired) electrons. The predicted molar refractivity (Wildman–Crippen MR) is 68.6 cm³/mol. The van der Waals surface area contributed by atoms with Crippen molar-refractivity contribution < 1.29 is 4.79 Å². The largest absolute Gasteiger partial charge is 0.326 e. The molecule has 0 fully saturated rings. The molecule has 0 bridgehead atoms. The minimum atomic E-state index is 0.0136. The van der Waals surface area contributed by atoms with Gasteiger partial charge in [-0.3, -0.25) is 4.79 Å². The van der Waals surface area contributed by atoms with E-state index in [1.54, 1.807) is 0 Å². The van der Waals surface area contributed by atoms with Crippen molar-refractivity contribution in [2.45, 2.75) is 26.7 Å². The molecule has 1 aromatic rings. The average molecular weight is 240 g/mol. The molecule has 0 aliphatic heterocycles. The van der Waals surface area contributed by atoms with Gasteiger partial charge in [0.1, 0.15) is 0 Å². The molecule has 0 spiro atoms. The van der Waals surface area contributed by atoms with Crippen molar-refractivity contribution in [2.75, 3.05) is 5.32 Å². The van der Waals surface area contributed by atoms with Crippen LogP contribution in [0, 0.1) is 11.8 Å². The molecule has 0 saturated carbocycles. The summed E-state index contributed by atoms with van der Waals surface area (Å²) in [5, 5.41) is 2.90. The van der Waals surface area contributed by atoms with Crippen LogP contribution in [0.5, 0.6) is 0 Å². The standard InChI is InChI=1S/C13H18ClNO/c1-9(2)10(3)13(16)15-12-6-4-5-11(7-12)8-14/h4-7,9-10H,8H2,1-3H3,(H,15,16). The molecule has 1 aromatic carbocycles. The zero-order valence-corrected chi connectivity index (χ0v) is 10.7. The van der Waals surface area contributed by atoms with Crippen molar-refractivity contribution in [1.82, 2.24) is 0 Å². The fraction of sp³-hybridized carbons (Fsp3) is 0.462. The number of amides is 1. The summed E-state index contributed by atoms with van der Waals surface area (Å²) in [6.45, 7) is 6.02. The molecule has 1 atom stereocenters. The minimum absolute atomic E-state index is 0.0136. The zero-order chi connectivity index (χ0) is 12.1. The Hall–Kier alpha value is -1.02. The van der Waals surface area contributed by atoms with E-state index in [0.29, 0.717) is 11.8 Å². The molecule has 0 aliphatic rings. The Balaban J connectivity index is 2.69. The number of nitrogens with one attached hydrogen (secondary N) is 1. The highest BCUT2D eigenvalue weighted by Gasteiger charge is 2.16. The topological polar surface area (TPSA) is 29.1 Å². The third-order valence-electron chi connectivity index (χ3n) is 2.76. The maximum Gasteiger partial charge on any atom is 0.227 e. The predicted octanol–water partition coefficient (Wildman–Crippen LogP) is 3.66. The Labute approximate surface area is 102 Å². The normalized spacial score (nSPS) is 12.6. The monoisotopic (exact) mass is 239 g/mol. The van der Waals surface area contributed by atoms with E-state index in [1.807, 2.05) is 45.0 Å². The lowest BCUT2D eigenvalue weighted by molar-refractivity contribution is -0.120. The van der Waals surface area contributed by atoms with Crippen molar-refractivity contribution in [3.63, 3.8) is 0 Å². The summed E-state index contributed by atoms with van der Waals surface area (Å²) in [6, 6.07) is 7.61. The van der Waals surface area contributed by atoms with Gasteiger partial charge in [-0.05, 0) is 23.6 Å². The molecular formula is C13H18ClNO. The van der Waals surface area contributed by atoms with Crippen LogP contribution in [0.1, 0.15) is 26.3 Å². The number of hydrogen-bond donors (Lipinski definition) is 1. The lowest BCUT2D eigenvalue weighted by Crippen LogP contribution is -2.24. The van der Waals surface area contributed by atoms with Crippen molar-refractivity contribution in [3.05, 3.63) is 29.8 Å². The van der Waals surface area contributed by atoms with Crippen molar-refractivity contribution in [3.8, 4) is 0 Å². The Morgan fingerprint density at radius 1 is 1.38 bits per heavy atom. The highest BCUT2D eigenvalue weighted by molar-refractivity contribution is 6.17. The van der Waals surface area contributed by atoms with Crippen molar-refractivity contribution >= 4 is 23.2 Å². The molecule has 0 heterocycles. The highest BCUT2D eigenvalue weighted by atomic mass is 35.5. The number of anilines is 1. The van der Waals surface area contributed by atoms with E-state index < -0.39 is 0 Å². The number of halogens is 1. The number of rotatable bonds is 4. The first-order valence-electron chi connectivity index (χ1n) is 5.50. The van der Waals surface area contributed by atoms with E-state index in [2.05, 4.69) is 5.32 Å². The summed E-state index contributed by atoms with van der Waals surface area (Å²) in [5.41, 5.74) is 1.83. The summed E-state index contributed by atoms with van der Waals surface area (Å²) in [5.74, 6) is 0.876. The van der Waals surface area contributed by atoms with Crippen LogP contribution in [0.15, 0.2) is 24.3 Å². The molecule has 1 N–H and O–H groups in total. The van der Waals surface area contributed by atoms with Crippen LogP contribution in [0.3, 0.4) is 0 Å². The Bertz CT molecular complexity index is 363. The molecule has 0 aliphatic carbocycles. The van der Waals surface area contributed by atoms with E-state index in [4.69, 9.17) is 11.6 Å². The van der Waals surface area contributed by atoms with Gasteiger partial charge in [-0.1, -0.05) is 32.9 Å². The van der Waals surface area contributed by atoms with E-state index in [9.17, 15) is 4.79 Å². The van der Waals surface area contributed by atoms with Crippen LogP contribution < -0.4 is 5.32 Å². The molecule has 2 nitrogen and oxygen atoms in total. The van der Waals surface area contributed by atoms with Gasteiger partial charge in [0.25, 0.3) is 0 Å². The zero-order valence-electron chi connectivity index (χ0n) is 9.96. The number of benzene rings is 1. The Kier molecular flexibility index (Phi) is 4.81. The van der Waals surface area contributed by atoms with Crippen LogP contribution in [0.2, 0.25) is 0 Å². The number of carbonyl (C=O) groups excluding carboxylic acids is 1. The first-order chi connectivity index (χ1) is 7.54. The first kappa shape index (κ1) is 13.0. The molecule has 3 heteroatoms. The first-order valence-corrected chi connectivity index (χ1v) is 6.03. The lowest BCUT2D eigenvalue weighted by Gasteiger charge is -2.15. The smallest absolute Gasteiger partial charge is 0.227 e. The highest BCUT2D eigenvalue weighted by Crippen LogP contribution is 2.16. The van der Waals surface area contributed by atoms with Crippen LogP contribution in [-0.4, -0.2) is 5.91 Å². The number of carbonyl (C=O) groups is 1. The van der Waals surface area contributed by atoms with Gasteiger partial charge in [0.15, 0.2) is 0 Å². The summed E-state index contributed by atoms with van der Waals surface area (Å²) in [4.78, 5) is 11.8. The second kappa shape index (κ2) is 5.90. The van der Waals surface area contributed by atoms with Gasteiger partial charge in [0.2, 0.25) is 5.91 Å². The van der Waals surface area contributed by atoms with E-state index in [1.165, 1.54) is 0 Å². The number of alkyl halides is 1. The fourth-order valence-electron chi connectivity index (χ4n) is 1.29. The van der Waals surface area contributed by atoms with Crippen LogP contribution in [-0.2, 0) is 10.7 Å². The van der Waals surface area contributed by atoms with Crippen LogP contribution in [0.4, 0.5) is 5.69 Å². The van der Waals surface area contributed by atoms with Gasteiger partial charge in [-0.2, -0.15) is 0 Å². The second-order valence-electron chi connectivity index (χ2n) is 4.36. The molecule has 88 valence electrons.